The maximum atomic E-state index is 10.8. The van der Waals surface area contributed by atoms with E-state index >= 15 is 0 Å². The van der Waals surface area contributed by atoms with Gasteiger partial charge in [-0.05, 0) is 19.8 Å². The Bertz CT molecular complexity index is 457. The lowest BCUT2D eigenvalue weighted by Crippen LogP contribution is -2.31. The van der Waals surface area contributed by atoms with Crippen molar-refractivity contribution in [1.82, 2.24) is 4.98 Å². The van der Waals surface area contributed by atoms with Gasteiger partial charge in [-0.15, -0.1) is 0 Å². The molecule has 1 aliphatic carbocycles. The molecule has 1 heterocycles. The van der Waals surface area contributed by atoms with E-state index in [0.29, 0.717) is 5.82 Å². The third kappa shape index (κ3) is 2.67. The predicted octanol–water partition coefficient (Wildman–Crippen LogP) is 2.02. The second-order valence-corrected chi connectivity index (χ2v) is 4.89. The van der Waals surface area contributed by atoms with E-state index in [1.807, 2.05) is 0 Å². The van der Waals surface area contributed by atoms with Crippen molar-refractivity contribution < 1.29 is 4.92 Å². The minimum absolute atomic E-state index is 0.0259. The van der Waals surface area contributed by atoms with Crippen LogP contribution in [0.25, 0.3) is 0 Å². The molecule has 98 valence electrons. The van der Waals surface area contributed by atoms with Gasteiger partial charge in [0.25, 0.3) is 5.69 Å². The minimum atomic E-state index is -0.454. The average molecular weight is 251 g/mol. The van der Waals surface area contributed by atoms with Crippen molar-refractivity contribution in [1.29, 1.82) is 0 Å². The molecule has 7 heteroatoms. The molecule has 0 amide bonds. The second-order valence-electron chi connectivity index (χ2n) is 4.89. The maximum Gasteiger partial charge on any atom is 0.276 e. The Morgan fingerprint density at radius 2 is 2.00 bits per heavy atom. The molecule has 7 nitrogen and oxygen atoms in total. The standard InChI is InChI=1S/C11H17N5O2/c1-11(4-2-3-5-11)14-9-6-8(16(17)18)7-10(13-9)15-12/h6-7H,2-5,12H2,1H3,(H2,13,14,15). The maximum absolute atomic E-state index is 10.8. The van der Waals surface area contributed by atoms with Gasteiger partial charge in [0, 0.05) is 5.54 Å². The number of nitrogen functional groups attached to an aromatic ring is 1. The van der Waals surface area contributed by atoms with Gasteiger partial charge in [0.1, 0.15) is 11.6 Å². The highest BCUT2D eigenvalue weighted by Gasteiger charge is 2.29. The fourth-order valence-corrected chi connectivity index (χ4v) is 2.35. The lowest BCUT2D eigenvalue weighted by Gasteiger charge is -2.26. The van der Waals surface area contributed by atoms with Crippen LogP contribution in [-0.4, -0.2) is 15.4 Å². The molecule has 1 aromatic rings. The first-order valence-corrected chi connectivity index (χ1v) is 5.94. The van der Waals surface area contributed by atoms with Crippen LogP contribution in [0.2, 0.25) is 0 Å². The Hall–Kier alpha value is -1.89. The number of rotatable bonds is 4. The van der Waals surface area contributed by atoms with Crippen LogP contribution >= 0.6 is 0 Å². The molecule has 0 bridgehead atoms. The van der Waals surface area contributed by atoms with Crippen LogP contribution in [0.15, 0.2) is 12.1 Å². The molecule has 1 fully saturated rings. The summed E-state index contributed by atoms with van der Waals surface area (Å²) in [4.78, 5) is 14.6. The van der Waals surface area contributed by atoms with Gasteiger partial charge in [-0.1, -0.05) is 12.8 Å². The predicted molar refractivity (Wildman–Crippen MR) is 69.2 cm³/mol. The summed E-state index contributed by atoms with van der Waals surface area (Å²) in [6.07, 6.45) is 4.42. The minimum Gasteiger partial charge on any atom is -0.365 e. The summed E-state index contributed by atoms with van der Waals surface area (Å²) in [6.45, 7) is 2.11. The second kappa shape index (κ2) is 4.77. The molecule has 0 unspecified atom stereocenters. The van der Waals surface area contributed by atoms with Gasteiger partial charge in [-0.3, -0.25) is 10.1 Å². The van der Waals surface area contributed by atoms with Gasteiger partial charge in [-0.25, -0.2) is 10.8 Å². The normalized spacial score (nSPS) is 17.4. The number of nitrogens with one attached hydrogen (secondary N) is 2. The van der Waals surface area contributed by atoms with Crippen LogP contribution in [0.1, 0.15) is 32.6 Å². The van der Waals surface area contributed by atoms with Crippen molar-refractivity contribution >= 4 is 17.3 Å². The van der Waals surface area contributed by atoms with E-state index in [-0.39, 0.29) is 17.0 Å². The van der Waals surface area contributed by atoms with E-state index in [2.05, 4.69) is 22.7 Å². The molecule has 4 N–H and O–H groups in total. The fraction of sp³-hybridized carbons (Fsp3) is 0.545. The van der Waals surface area contributed by atoms with Crippen LogP contribution in [-0.2, 0) is 0 Å². The molecule has 0 aromatic carbocycles. The van der Waals surface area contributed by atoms with Crippen molar-refractivity contribution in [2.45, 2.75) is 38.1 Å². The number of hydrogen-bond donors (Lipinski definition) is 3. The zero-order valence-electron chi connectivity index (χ0n) is 10.3. The first kappa shape index (κ1) is 12.6. The van der Waals surface area contributed by atoms with E-state index in [4.69, 9.17) is 5.84 Å². The number of nitro groups is 1. The zero-order chi connectivity index (χ0) is 13.2. The largest absolute Gasteiger partial charge is 0.365 e. The Morgan fingerprint density at radius 3 is 2.56 bits per heavy atom. The van der Waals surface area contributed by atoms with Gasteiger partial charge in [0.05, 0.1) is 17.1 Å². The van der Waals surface area contributed by atoms with E-state index < -0.39 is 4.92 Å². The summed E-state index contributed by atoms with van der Waals surface area (Å²) in [5, 5.41) is 14.1. The molecule has 0 saturated heterocycles. The highest BCUT2D eigenvalue weighted by Crippen LogP contribution is 2.33. The first-order valence-electron chi connectivity index (χ1n) is 5.94. The van der Waals surface area contributed by atoms with E-state index in [9.17, 15) is 10.1 Å². The molecule has 0 atom stereocenters. The number of hydrazine groups is 1. The van der Waals surface area contributed by atoms with E-state index in [0.717, 1.165) is 12.8 Å². The number of hydrogen-bond acceptors (Lipinski definition) is 6. The number of nitrogens with two attached hydrogens (primary N) is 1. The lowest BCUT2D eigenvalue weighted by atomic mass is 10.0. The number of aromatic nitrogens is 1. The highest BCUT2D eigenvalue weighted by atomic mass is 16.6. The van der Waals surface area contributed by atoms with Crippen LogP contribution < -0.4 is 16.6 Å². The van der Waals surface area contributed by atoms with E-state index in [1.165, 1.54) is 25.0 Å². The molecule has 0 aliphatic heterocycles. The van der Waals surface area contributed by atoms with Gasteiger partial charge in [0.2, 0.25) is 0 Å². The van der Waals surface area contributed by atoms with Crippen LogP contribution in [0.5, 0.6) is 0 Å². The van der Waals surface area contributed by atoms with Gasteiger partial charge in [0.15, 0.2) is 0 Å². The van der Waals surface area contributed by atoms with Crippen molar-refractivity contribution in [3.05, 3.63) is 22.2 Å². The Labute approximate surface area is 105 Å². The zero-order valence-corrected chi connectivity index (χ0v) is 10.3. The summed E-state index contributed by atoms with van der Waals surface area (Å²) < 4.78 is 0. The van der Waals surface area contributed by atoms with Crippen molar-refractivity contribution in [3.8, 4) is 0 Å². The van der Waals surface area contributed by atoms with Gasteiger partial charge < -0.3 is 10.7 Å². The van der Waals surface area contributed by atoms with Crippen molar-refractivity contribution in [2.24, 2.45) is 5.84 Å². The van der Waals surface area contributed by atoms with Crippen molar-refractivity contribution in [2.75, 3.05) is 10.7 Å². The SMILES string of the molecule is CC1(Nc2cc([N+](=O)[O-])cc(NN)n2)CCCC1. The fourth-order valence-electron chi connectivity index (χ4n) is 2.35. The third-order valence-corrected chi connectivity index (χ3v) is 3.31. The summed E-state index contributed by atoms with van der Waals surface area (Å²) in [5.41, 5.74) is 2.28. The molecule has 0 spiro atoms. The molecule has 0 radical (unpaired) electrons. The number of anilines is 2. The third-order valence-electron chi connectivity index (χ3n) is 3.31. The molecule has 18 heavy (non-hydrogen) atoms. The molecular weight excluding hydrogens is 234 g/mol. The quantitative estimate of drug-likeness (QED) is 0.429. The molecule has 1 saturated carbocycles. The first-order chi connectivity index (χ1) is 8.52. The number of pyridine rings is 1. The lowest BCUT2D eigenvalue weighted by molar-refractivity contribution is -0.384. The van der Waals surface area contributed by atoms with Crippen LogP contribution in [0.4, 0.5) is 17.3 Å². The monoisotopic (exact) mass is 251 g/mol. The molecule has 2 rings (SSSR count). The van der Waals surface area contributed by atoms with E-state index in [1.54, 1.807) is 0 Å². The topological polar surface area (TPSA) is 106 Å². The van der Waals surface area contributed by atoms with Gasteiger partial charge in [-0.2, -0.15) is 0 Å². The summed E-state index contributed by atoms with van der Waals surface area (Å²) >= 11 is 0. The van der Waals surface area contributed by atoms with Crippen LogP contribution in [0.3, 0.4) is 0 Å². The number of nitrogens with zero attached hydrogens (tertiary/aromatic N) is 2. The Kier molecular flexibility index (Phi) is 3.33. The smallest absolute Gasteiger partial charge is 0.276 e. The molecule has 1 aliphatic rings. The average Bonchev–Trinajstić information content (AvgIpc) is 2.75. The molecule has 1 aromatic heterocycles. The Balaban J connectivity index is 2.26. The van der Waals surface area contributed by atoms with Gasteiger partial charge >= 0.3 is 0 Å². The summed E-state index contributed by atoms with van der Waals surface area (Å²) in [6, 6.07) is 2.74. The summed E-state index contributed by atoms with van der Waals surface area (Å²) in [7, 11) is 0. The summed E-state index contributed by atoms with van der Waals surface area (Å²) in [5.74, 6) is 6.04. The van der Waals surface area contributed by atoms with Crippen molar-refractivity contribution in [3.63, 3.8) is 0 Å². The van der Waals surface area contributed by atoms with Crippen LogP contribution in [0, 0.1) is 10.1 Å². The Morgan fingerprint density at radius 1 is 1.39 bits per heavy atom. The molecular formula is C11H17N5O2. The highest BCUT2D eigenvalue weighted by molar-refractivity contribution is 5.55.